The highest BCUT2D eigenvalue weighted by atomic mass is 35.5. The first-order chi connectivity index (χ1) is 12.2. The first-order valence-electron chi connectivity index (χ1n) is 7.31. The molecule has 26 heavy (non-hydrogen) atoms. The van der Waals surface area contributed by atoms with Gasteiger partial charge in [-0.1, -0.05) is 17.7 Å². The number of anilines is 1. The number of nitrogens with one attached hydrogen (secondary N) is 1. The molecule has 9 heteroatoms. The van der Waals surface area contributed by atoms with Crippen molar-refractivity contribution in [3.05, 3.63) is 53.1 Å². The number of halogens is 1. The average Bonchev–Trinajstić information content (AvgIpc) is 2.59. The van der Waals surface area contributed by atoms with Gasteiger partial charge in [0.1, 0.15) is 5.75 Å². The topological polar surface area (TPSA) is 98.8 Å². The zero-order valence-corrected chi connectivity index (χ0v) is 15.6. The molecule has 0 aliphatic heterocycles. The molecule has 2 aromatic carbocycles. The second-order valence-corrected chi connectivity index (χ2v) is 7.72. The predicted octanol–water partition coefficient (Wildman–Crippen LogP) is 2.55. The summed E-state index contributed by atoms with van der Waals surface area (Å²) in [5, 5.41) is 2.92. The fourth-order valence-electron chi connectivity index (χ4n) is 2.03. The summed E-state index contributed by atoms with van der Waals surface area (Å²) in [7, 11) is -2.02. The molecule has 0 aliphatic rings. The summed E-state index contributed by atoms with van der Waals surface area (Å²) in [5.74, 6) is -1.02. The van der Waals surface area contributed by atoms with Gasteiger partial charge in [0.05, 0.1) is 23.3 Å². The number of amides is 1. The van der Waals surface area contributed by atoms with Gasteiger partial charge in [0.25, 0.3) is 5.91 Å². The van der Waals surface area contributed by atoms with Crippen LogP contribution < -0.4 is 10.1 Å². The SMILES string of the molecule is COc1ccc(Cl)cc1NC(=O)COC(=O)c1cccc(S(C)(=O)=O)c1. The lowest BCUT2D eigenvalue weighted by Crippen LogP contribution is -2.21. The Hall–Kier alpha value is -2.58. The number of hydrogen-bond acceptors (Lipinski definition) is 6. The normalized spacial score (nSPS) is 10.9. The van der Waals surface area contributed by atoms with Gasteiger partial charge in [-0.3, -0.25) is 4.79 Å². The van der Waals surface area contributed by atoms with Crippen LogP contribution in [0, 0.1) is 0 Å². The predicted molar refractivity (Wildman–Crippen MR) is 96.5 cm³/mol. The first-order valence-corrected chi connectivity index (χ1v) is 9.58. The van der Waals surface area contributed by atoms with E-state index in [1.54, 1.807) is 12.1 Å². The first kappa shape index (κ1) is 19.7. The van der Waals surface area contributed by atoms with Crippen molar-refractivity contribution in [1.29, 1.82) is 0 Å². The number of carbonyl (C=O) groups is 2. The third-order valence-corrected chi connectivity index (χ3v) is 4.61. The number of esters is 1. The van der Waals surface area contributed by atoms with E-state index < -0.39 is 28.3 Å². The fourth-order valence-corrected chi connectivity index (χ4v) is 2.87. The van der Waals surface area contributed by atoms with Gasteiger partial charge in [0.2, 0.25) is 0 Å². The second kappa shape index (κ2) is 8.20. The van der Waals surface area contributed by atoms with Crippen LogP contribution in [-0.2, 0) is 19.4 Å². The van der Waals surface area contributed by atoms with Crippen molar-refractivity contribution in [2.45, 2.75) is 4.90 Å². The molecule has 0 unspecified atom stereocenters. The van der Waals surface area contributed by atoms with Crippen LogP contribution in [0.5, 0.6) is 5.75 Å². The Morgan fingerprint density at radius 3 is 2.54 bits per heavy atom. The highest BCUT2D eigenvalue weighted by Crippen LogP contribution is 2.27. The van der Waals surface area contributed by atoms with Crippen LogP contribution in [0.4, 0.5) is 5.69 Å². The smallest absolute Gasteiger partial charge is 0.338 e. The molecule has 7 nitrogen and oxygen atoms in total. The molecule has 1 amide bonds. The van der Waals surface area contributed by atoms with Crippen molar-refractivity contribution in [3.63, 3.8) is 0 Å². The van der Waals surface area contributed by atoms with Gasteiger partial charge in [-0.05, 0) is 36.4 Å². The van der Waals surface area contributed by atoms with Crippen molar-refractivity contribution >= 4 is 39.0 Å². The van der Waals surface area contributed by atoms with Gasteiger partial charge in [-0.15, -0.1) is 0 Å². The van der Waals surface area contributed by atoms with Crippen molar-refractivity contribution in [1.82, 2.24) is 0 Å². The Labute approximate surface area is 155 Å². The Morgan fingerprint density at radius 2 is 1.88 bits per heavy atom. The van der Waals surface area contributed by atoms with Crippen LogP contribution in [0.2, 0.25) is 5.02 Å². The number of benzene rings is 2. The summed E-state index contributed by atoms with van der Waals surface area (Å²) in [4.78, 5) is 24.0. The summed E-state index contributed by atoms with van der Waals surface area (Å²) in [6.45, 7) is -0.558. The molecule has 2 rings (SSSR count). The minimum Gasteiger partial charge on any atom is -0.495 e. The van der Waals surface area contributed by atoms with E-state index in [0.29, 0.717) is 16.5 Å². The van der Waals surface area contributed by atoms with Crippen LogP contribution in [0.1, 0.15) is 10.4 Å². The van der Waals surface area contributed by atoms with E-state index in [9.17, 15) is 18.0 Å². The van der Waals surface area contributed by atoms with E-state index in [1.165, 1.54) is 37.4 Å². The van der Waals surface area contributed by atoms with Crippen LogP contribution in [-0.4, -0.2) is 40.3 Å². The maximum Gasteiger partial charge on any atom is 0.338 e. The van der Waals surface area contributed by atoms with Gasteiger partial charge in [0, 0.05) is 11.3 Å². The molecular weight excluding hydrogens is 382 g/mol. The Kier molecular flexibility index (Phi) is 6.23. The van der Waals surface area contributed by atoms with Gasteiger partial charge in [0.15, 0.2) is 16.4 Å². The van der Waals surface area contributed by atoms with E-state index in [-0.39, 0.29) is 10.5 Å². The Morgan fingerprint density at radius 1 is 1.15 bits per heavy atom. The number of hydrogen-bond donors (Lipinski definition) is 1. The number of carbonyl (C=O) groups excluding carboxylic acids is 2. The van der Waals surface area contributed by atoms with Crippen molar-refractivity contribution in [2.75, 3.05) is 25.3 Å². The standard InChI is InChI=1S/C17H16ClNO6S/c1-24-15-7-6-12(18)9-14(15)19-16(20)10-25-17(21)11-4-3-5-13(8-11)26(2,22)23/h3-9H,10H2,1-2H3,(H,19,20). The van der Waals surface area contributed by atoms with Gasteiger partial charge in [-0.25, -0.2) is 13.2 Å². The quantitative estimate of drug-likeness (QED) is 0.752. The molecule has 0 spiro atoms. The average molecular weight is 398 g/mol. The molecule has 0 aliphatic carbocycles. The largest absolute Gasteiger partial charge is 0.495 e. The maximum absolute atomic E-state index is 12.0. The van der Waals surface area contributed by atoms with E-state index >= 15 is 0 Å². The summed E-state index contributed by atoms with van der Waals surface area (Å²) < 4.78 is 33.1. The molecule has 2 aromatic rings. The molecule has 0 aromatic heterocycles. The summed E-state index contributed by atoms with van der Waals surface area (Å²) >= 11 is 5.88. The van der Waals surface area contributed by atoms with E-state index in [1.807, 2.05) is 0 Å². The lowest BCUT2D eigenvalue weighted by molar-refractivity contribution is -0.119. The van der Waals surface area contributed by atoms with Crippen LogP contribution in [0.25, 0.3) is 0 Å². The molecule has 1 N–H and O–H groups in total. The summed E-state index contributed by atoms with van der Waals surface area (Å²) in [5.41, 5.74) is 0.362. The number of rotatable bonds is 6. The molecule has 0 saturated heterocycles. The monoisotopic (exact) mass is 397 g/mol. The number of methoxy groups -OCH3 is 1. The Bertz CT molecular complexity index is 942. The van der Waals surface area contributed by atoms with Gasteiger partial charge >= 0.3 is 5.97 Å². The van der Waals surface area contributed by atoms with Crippen molar-refractivity contribution in [2.24, 2.45) is 0 Å². The van der Waals surface area contributed by atoms with Crippen LogP contribution in [0.15, 0.2) is 47.4 Å². The third-order valence-electron chi connectivity index (χ3n) is 3.27. The fraction of sp³-hybridized carbons (Fsp3) is 0.176. The summed E-state index contributed by atoms with van der Waals surface area (Å²) in [6, 6.07) is 10.1. The maximum atomic E-state index is 12.0. The molecule has 0 saturated carbocycles. The molecule has 0 fully saturated rings. The van der Waals surface area contributed by atoms with E-state index in [2.05, 4.69) is 5.32 Å². The lowest BCUT2D eigenvalue weighted by Gasteiger charge is -2.11. The third kappa shape index (κ3) is 5.21. The van der Waals surface area contributed by atoms with E-state index in [0.717, 1.165) is 6.26 Å². The summed E-state index contributed by atoms with van der Waals surface area (Å²) in [6.07, 6.45) is 1.03. The molecule has 0 atom stereocenters. The molecule has 0 heterocycles. The van der Waals surface area contributed by atoms with Crippen molar-refractivity contribution in [3.8, 4) is 5.75 Å². The highest BCUT2D eigenvalue weighted by molar-refractivity contribution is 7.90. The second-order valence-electron chi connectivity index (χ2n) is 5.27. The lowest BCUT2D eigenvalue weighted by atomic mass is 10.2. The van der Waals surface area contributed by atoms with E-state index in [4.69, 9.17) is 21.1 Å². The van der Waals surface area contributed by atoms with Gasteiger partial charge < -0.3 is 14.8 Å². The van der Waals surface area contributed by atoms with Crippen molar-refractivity contribution < 1.29 is 27.5 Å². The van der Waals surface area contributed by atoms with Gasteiger partial charge in [-0.2, -0.15) is 0 Å². The Balaban J connectivity index is 2.02. The highest BCUT2D eigenvalue weighted by Gasteiger charge is 2.15. The molecule has 0 bridgehead atoms. The minimum absolute atomic E-state index is 0.0138. The molecule has 0 radical (unpaired) electrons. The minimum atomic E-state index is -3.46. The number of ether oxygens (including phenoxy) is 2. The number of sulfone groups is 1. The zero-order valence-electron chi connectivity index (χ0n) is 14.0. The molecular formula is C17H16ClNO6S. The van der Waals surface area contributed by atoms with Crippen LogP contribution >= 0.6 is 11.6 Å². The molecule has 138 valence electrons. The zero-order chi connectivity index (χ0) is 19.3. The van der Waals surface area contributed by atoms with Crippen LogP contribution in [0.3, 0.4) is 0 Å².